The lowest BCUT2D eigenvalue weighted by Crippen LogP contribution is -2.58. The van der Waals surface area contributed by atoms with Crippen molar-refractivity contribution in [2.45, 2.75) is 57.9 Å². The van der Waals surface area contributed by atoms with Crippen LogP contribution in [0.4, 0.5) is 0 Å². The summed E-state index contributed by atoms with van der Waals surface area (Å²) < 4.78 is 11.6. The molecule has 0 aromatic heterocycles. The molecule has 3 unspecified atom stereocenters. The Labute approximate surface area is 144 Å². The Morgan fingerprint density at radius 1 is 1.38 bits per heavy atom. The smallest absolute Gasteiger partial charge is 0.237 e. The van der Waals surface area contributed by atoms with Crippen LogP contribution in [0, 0.1) is 0 Å². The summed E-state index contributed by atoms with van der Waals surface area (Å²) >= 11 is 0. The fourth-order valence-electron chi connectivity index (χ4n) is 3.75. The van der Waals surface area contributed by atoms with Crippen molar-refractivity contribution in [1.82, 2.24) is 10.2 Å². The molecule has 2 aliphatic rings. The number of amides is 1. The van der Waals surface area contributed by atoms with Crippen LogP contribution in [0.25, 0.3) is 0 Å². The molecule has 0 spiro atoms. The highest BCUT2D eigenvalue weighted by atomic mass is 16.5. The van der Waals surface area contributed by atoms with Gasteiger partial charge in [-0.1, -0.05) is 18.2 Å². The number of hydrogen-bond donors (Lipinski definition) is 1. The maximum Gasteiger partial charge on any atom is 0.237 e. The average Bonchev–Trinajstić information content (AvgIpc) is 2.52. The molecular formula is C19H28N2O3. The Kier molecular flexibility index (Phi) is 4.83. The summed E-state index contributed by atoms with van der Waals surface area (Å²) in [5, 5.41) is 3.21. The molecule has 0 saturated carbocycles. The Bertz CT molecular complexity index is 602. The van der Waals surface area contributed by atoms with Crippen LogP contribution in [-0.2, 0) is 9.53 Å². The summed E-state index contributed by atoms with van der Waals surface area (Å²) in [6, 6.07) is 7.79. The number of carbonyl (C=O) groups is 1. The third-order valence-electron chi connectivity index (χ3n) is 4.80. The van der Waals surface area contributed by atoms with Gasteiger partial charge in [-0.05, 0) is 33.8 Å². The Morgan fingerprint density at radius 2 is 2.12 bits per heavy atom. The van der Waals surface area contributed by atoms with Gasteiger partial charge in [-0.15, -0.1) is 0 Å². The first-order valence-electron chi connectivity index (χ1n) is 8.80. The van der Waals surface area contributed by atoms with Crippen LogP contribution in [0.5, 0.6) is 5.75 Å². The van der Waals surface area contributed by atoms with E-state index in [0.29, 0.717) is 6.61 Å². The van der Waals surface area contributed by atoms with Gasteiger partial charge in [0.1, 0.15) is 5.75 Å². The molecule has 1 fully saturated rings. The van der Waals surface area contributed by atoms with Gasteiger partial charge in [0, 0.05) is 25.1 Å². The third kappa shape index (κ3) is 3.73. The minimum absolute atomic E-state index is 0.0244. The highest BCUT2D eigenvalue weighted by Crippen LogP contribution is 2.31. The number of benzene rings is 1. The summed E-state index contributed by atoms with van der Waals surface area (Å²) in [5.74, 6) is 0.949. The van der Waals surface area contributed by atoms with Crippen LogP contribution in [0.1, 0.15) is 45.7 Å². The molecule has 0 aliphatic carbocycles. The lowest BCUT2D eigenvalue weighted by molar-refractivity contribution is -0.148. The monoisotopic (exact) mass is 332 g/mol. The minimum atomic E-state index is -0.225. The molecule has 2 heterocycles. The Morgan fingerprint density at radius 3 is 2.88 bits per heavy atom. The number of morpholine rings is 1. The quantitative estimate of drug-likeness (QED) is 0.924. The third-order valence-corrected chi connectivity index (χ3v) is 4.80. The first kappa shape index (κ1) is 17.2. The highest BCUT2D eigenvalue weighted by Gasteiger charge is 2.36. The average molecular weight is 332 g/mol. The van der Waals surface area contributed by atoms with Gasteiger partial charge >= 0.3 is 0 Å². The van der Waals surface area contributed by atoms with E-state index in [1.54, 1.807) is 0 Å². The van der Waals surface area contributed by atoms with E-state index in [9.17, 15) is 4.79 Å². The van der Waals surface area contributed by atoms with Crippen molar-refractivity contribution >= 4 is 5.91 Å². The molecule has 0 bridgehead atoms. The van der Waals surface area contributed by atoms with E-state index in [2.05, 4.69) is 31.0 Å². The van der Waals surface area contributed by atoms with Crippen molar-refractivity contribution in [2.75, 3.05) is 19.7 Å². The van der Waals surface area contributed by atoms with Crippen molar-refractivity contribution in [3.63, 3.8) is 0 Å². The van der Waals surface area contributed by atoms with Crippen LogP contribution in [0.2, 0.25) is 0 Å². The van der Waals surface area contributed by atoms with Crippen LogP contribution in [0.15, 0.2) is 24.3 Å². The zero-order valence-electron chi connectivity index (χ0n) is 15.0. The van der Waals surface area contributed by atoms with E-state index < -0.39 is 0 Å². The van der Waals surface area contributed by atoms with Crippen molar-refractivity contribution < 1.29 is 14.3 Å². The number of rotatable bonds is 3. The standard InChI is InChI=1S/C19H28N2O3/c1-13-11-21(12-19(3,4)24-13)14(2)18(22)20-16-9-10-23-17-8-6-5-7-15(16)17/h5-8,13-14,16H,9-12H2,1-4H3,(H,20,22). The van der Waals surface area contributed by atoms with Gasteiger partial charge in [-0.2, -0.15) is 0 Å². The molecule has 1 saturated heterocycles. The van der Waals surface area contributed by atoms with Gasteiger partial charge in [0.05, 0.1) is 30.4 Å². The molecule has 1 N–H and O–H groups in total. The van der Waals surface area contributed by atoms with Gasteiger partial charge in [0.2, 0.25) is 5.91 Å². The van der Waals surface area contributed by atoms with Gasteiger partial charge < -0.3 is 14.8 Å². The van der Waals surface area contributed by atoms with Gasteiger partial charge in [0.25, 0.3) is 0 Å². The van der Waals surface area contributed by atoms with Gasteiger partial charge in [-0.3, -0.25) is 9.69 Å². The molecule has 132 valence electrons. The maximum absolute atomic E-state index is 12.8. The first-order valence-corrected chi connectivity index (χ1v) is 8.80. The molecule has 1 aromatic carbocycles. The summed E-state index contributed by atoms with van der Waals surface area (Å²) in [5.41, 5.74) is 0.845. The van der Waals surface area contributed by atoms with Crippen LogP contribution >= 0.6 is 0 Å². The van der Waals surface area contributed by atoms with E-state index in [1.165, 1.54) is 0 Å². The lowest BCUT2D eigenvalue weighted by atomic mass is 9.99. The van der Waals surface area contributed by atoms with E-state index in [0.717, 1.165) is 30.8 Å². The van der Waals surface area contributed by atoms with Crippen molar-refractivity contribution in [3.05, 3.63) is 29.8 Å². The fourth-order valence-corrected chi connectivity index (χ4v) is 3.75. The molecule has 1 aromatic rings. The Hall–Kier alpha value is -1.59. The zero-order chi connectivity index (χ0) is 17.3. The maximum atomic E-state index is 12.8. The number of nitrogens with zero attached hydrogens (tertiary/aromatic N) is 1. The topological polar surface area (TPSA) is 50.8 Å². The molecule has 3 atom stereocenters. The number of para-hydroxylation sites is 1. The normalized spacial score (nSPS) is 27.7. The second-order valence-corrected chi connectivity index (χ2v) is 7.53. The van der Waals surface area contributed by atoms with Crippen molar-refractivity contribution in [1.29, 1.82) is 0 Å². The second kappa shape index (κ2) is 6.73. The largest absolute Gasteiger partial charge is 0.493 e. The molecule has 24 heavy (non-hydrogen) atoms. The van der Waals surface area contributed by atoms with Crippen LogP contribution in [0.3, 0.4) is 0 Å². The van der Waals surface area contributed by atoms with Gasteiger partial charge in [0.15, 0.2) is 0 Å². The predicted octanol–water partition coefficient (Wildman–Crippen LogP) is 2.51. The number of fused-ring (bicyclic) bond motifs is 1. The molecule has 5 heteroatoms. The van der Waals surface area contributed by atoms with Gasteiger partial charge in [-0.25, -0.2) is 0 Å². The summed E-state index contributed by atoms with van der Waals surface area (Å²) in [6.07, 6.45) is 0.938. The van der Waals surface area contributed by atoms with Crippen molar-refractivity contribution in [3.8, 4) is 5.75 Å². The van der Waals surface area contributed by atoms with Crippen molar-refractivity contribution in [2.24, 2.45) is 0 Å². The number of hydrogen-bond acceptors (Lipinski definition) is 4. The molecule has 3 rings (SSSR count). The number of nitrogens with one attached hydrogen (secondary N) is 1. The highest BCUT2D eigenvalue weighted by molar-refractivity contribution is 5.82. The zero-order valence-corrected chi connectivity index (χ0v) is 15.0. The first-order chi connectivity index (χ1) is 11.4. The molecule has 1 amide bonds. The second-order valence-electron chi connectivity index (χ2n) is 7.53. The molecule has 0 radical (unpaired) electrons. The minimum Gasteiger partial charge on any atom is -0.493 e. The van der Waals surface area contributed by atoms with E-state index in [4.69, 9.17) is 9.47 Å². The molecule has 2 aliphatic heterocycles. The van der Waals surface area contributed by atoms with Crippen LogP contribution in [-0.4, -0.2) is 48.3 Å². The fraction of sp³-hybridized carbons (Fsp3) is 0.632. The summed E-state index contributed by atoms with van der Waals surface area (Å²) in [4.78, 5) is 15.0. The summed E-state index contributed by atoms with van der Waals surface area (Å²) in [7, 11) is 0. The van der Waals surface area contributed by atoms with E-state index in [1.807, 2.05) is 31.2 Å². The van der Waals surface area contributed by atoms with E-state index in [-0.39, 0.29) is 29.7 Å². The molecular weight excluding hydrogens is 304 g/mol. The lowest BCUT2D eigenvalue weighted by Gasteiger charge is -2.44. The SMILES string of the molecule is CC1CN(C(C)C(=O)NC2CCOc3ccccc32)CC(C)(C)O1. The van der Waals surface area contributed by atoms with Crippen LogP contribution < -0.4 is 10.1 Å². The summed E-state index contributed by atoms with van der Waals surface area (Å²) in [6.45, 7) is 10.4. The molecule has 5 nitrogen and oxygen atoms in total. The number of carbonyl (C=O) groups excluding carboxylic acids is 1. The van der Waals surface area contributed by atoms with E-state index >= 15 is 0 Å². The Balaban J connectivity index is 1.67. The predicted molar refractivity (Wildman–Crippen MR) is 93.1 cm³/mol. The number of ether oxygens (including phenoxy) is 2.